The van der Waals surface area contributed by atoms with Gasteiger partial charge in [0.15, 0.2) is 5.83 Å². The standard InChI is InChI=1S/C20H25FO2/c1-5-15(12-14(4)19(21)20(22)23-6-2)18-13(3)8-7-9-17(18)16-10-11-16/h5,7-9,12,16,20,22H,1,6,10-11H2,2-4H3/b15-12+,19-14+. The van der Waals surface area contributed by atoms with Gasteiger partial charge in [-0.15, -0.1) is 0 Å². The molecule has 0 amide bonds. The molecular weight excluding hydrogens is 291 g/mol. The second-order valence-corrected chi connectivity index (χ2v) is 5.96. The maximum atomic E-state index is 14.2. The molecule has 124 valence electrons. The molecule has 0 radical (unpaired) electrons. The van der Waals surface area contributed by atoms with Gasteiger partial charge in [0.1, 0.15) is 0 Å². The first kappa shape index (κ1) is 17.6. The van der Waals surface area contributed by atoms with Crippen LogP contribution in [0.25, 0.3) is 5.57 Å². The van der Waals surface area contributed by atoms with Crippen LogP contribution in [0.2, 0.25) is 0 Å². The van der Waals surface area contributed by atoms with Gasteiger partial charge in [-0.25, -0.2) is 4.39 Å². The molecule has 1 saturated carbocycles. The highest BCUT2D eigenvalue weighted by atomic mass is 19.1. The summed E-state index contributed by atoms with van der Waals surface area (Å²) in [5.74, 6) is -0.0656. The molecule has 0 heterocycles. The number of rotatable bonds is 7. The number of hydrogen-bond donors (Lipinski definition) is 1. The summed E-state index contributed by atoms with van der Waals surface area (Å²) in [6.07, 6.45) is 4.37. The van der Waals surface area contributed by atoms with Gasteiger partial charge in [0.25, 0.3) is 0 Å². The Balaban J connectivity index is 2.44. The molecule has 1 unspecified atom stereocenters. The van der Waals surface area contributed by atoms with E-state index in [1.807, 2.05) is 0 Å². The van der Waals surface area contributed by atoms with Crippen LogP contribution in [0, 0.1) is 6.92 Å². The van der Waals surface area contributed by atoms with E-state index in [1.54, 1.807) is 26.0 Å². The van der Waals surface area contributed by atoms with Crippen LogP contribution in [0.4, 0.5) is 4.39 Å². The Morgan fingerprint density at radius 2 is 2.17 bits per heavy atom. The van der Waals surface area contributed by atoms with Crippen molar-refractivity contribution in [2.24, 2.45) is 0 Å². The molecule has 0 bridgehead atoms. The average Bonchev–Trinajstić information content (AvgIpc) is 3.36. The first-order chi connectivity index (χ1) is 11.0. The molecular formula is C20H25FO2. The molecule has 1 aromatic carbocycles. The second kappa shape index (κ2) is 7.71. The third kappa shape index (κ3) is 4.18. The Bertz CT molecular complexity index is 639. The van der Waals surface area contributed by atoms with E-state index in [1.165, 1.54) is 18.4 Å². The Hall–Kier alpha value is -1.71. The lowest BCUT2D eigenvalue weighted by Gasteiger charge is -2.15. The number of allylic oxidation sites excluding steroid dienone is 4. The highest BCUT2D eigenvalue weighted by Crippen LogP contribution is 2.44. The Morgan fingerprint density at radius 1 is 1.48 bits per heavy atom. The number of benzene rings is 1. The summed E-state index contributed by atoms with van der Waals surface area (Å²) in [4.78, 5) is 0. The van der Waals surface area contributed by atoms with E-state index in [9.17, 15) is 9.50 Å². The van der Waals surface area contributed by atoms with E-state index < -0.39 is 12.1 Å². The first-order valence-electron chi connectivity index (χ1n) is 8.09. The molecule has 1 N–H and O–H groups in total. The van der Waals surface area contributed by atoms with Gasteiger partial charge in [0.2, 0.25) is 6.29 Å². The largest absolute Gasteiger partial charge is 0.362 e. The summed E-state index contributed by atoms with van der Waals surface area (Å²) in [7, 11) is 0. The summed E-state index contributed by atoms with van der Waals surface area (Å²) < 4.78 is 19.1. The Kier molecular flexibility index (Phi) is 5.91. The maximum absolute atomic E-state index is 14.2. The lowest BCUT2D eigenvalue weighted by molar-refractivity contribution is -0.0803. The lowest BCUT2D eigenvalue weighted by Crippen LogP contribution is -2.13. The van der Waals surface area contributed by atoms with Gasteiger partial charge >= 0.3 is 0 Å². The van der Waals surface area contributed by atoms with E-state index in [0.29, 0.717) is 11.5 Å². The number of halogens is 1. The van der Waals surface area contributed by atoms with E-state index in [2.05, 4.69) is 31.7 Å². The summed E-state index contributed by atoms with van der Waals surface area (Å²) in [6, 6.07) is 6.26. The summed E-state index contributed by atoms with van der Waals surface area (Å²) in [5, 5.41) is 9.64. The van der Waals surface area contributed by atoms with Crippen molar-refractivity contribution in [2.75, 3.05) is 6.61 Å². The molecule has 0 saturated heterocycles. The Labute approximate surface area is 138 Å². The molecule has 2 nitrogen and oxygen atoms in total. The van der Waals surface area contributed by atoms with Gasteiger partial charge in [-0.1, -0.05) is 30.9 Å². The molecule has 1 atom stereocenters. The van der Waals surface area contributed by atoms with E-state index in [0.717, 1.165) is 16.7 Å². The van der Waals surface area contributed by atoms with Crippen LogP contribution in [-0.2, 0) is 4.74 Å². The predicted molar refractivity (Wildman–Crippen MR) is 92.8 cm³/mol. The number of ether oxygens (including phenoxy) is 1. The third-order valence-corrected chi connectivity index (χ3v) is 4.12. The first-order valence-corrected chi connectivity index (χ1v) is 8.09. The van der Waals surface area contributed by atoms with Crippen LogP contribution in [0.5, 0.6) is 0 Å². The molecule has 1 aliphatic rings. The molecule has 0 aromatic heterocycles. The summed E-state index contributed by atoms with van der Waals surface area (Å²) in [6.45, 7) is 9.55. The van der Waals surface area contributed by atoms with Crippen molar-refractivity contribution < 1.29 is 14.2 Å². The van der Waals surface area contributed by atoms with Crippen LogP contribution in [0.15, 0.2) is 48.3 Å². The summed E-state index contributed by atoms with van der Waals surface area (Å²) >= 11 is 0. The smallest absolute Gasteiger partial charge is 0.208 e. The lowest BCUT2D eigenvalue weighted by atomic mass is 9.91. The van der Waals surface area contributed by atoms with Crippen LogP contribution in [0.1, 0.15) is 49.3 Å². The van der Waals surface area contributed by atoms with Crippen LogP contribution >= 0.6 is 0 Å². The van der Waals surface area contributed by atoms with Crippen molar-refractivity contribution in [3.05, 3.63) is 65.0 Å². The third-order valence-electron chi connectivity index (χ3n) is 4.12. The van der Waals surface area contributed by atoms with Gasteiger partial charge in [0.05, 0.1) is 0 Å². The second-order valence-electron chi connectivity index (χ2n) is 5.96. The fourth-order valence-corrected chi connectivity index (χ4v) is 2.78. The van der Waals surface area contributed by atoms with Crippen molar-refractivity contribution in [2.45, 2.75) is 45.8 Å². The minimum absolute atomic E-state index is 0.253. The van der Waals surface area contributed by atoms with Crippen LogP contribution < -0.4 is 0 Å². The monoisotopic (exact) mass is 316 g/mol. The van der Waals surface area contributed by atoms with Crippen LogP contribution in [0.3, 0.4) is 0 Å². The normalized spacial score (nSPS) is 17.7. The minimum Gasteiger partial charge on any atom is -0.362 e. The zero-order valence-electron chi connectivity index (χ0n) is 14.1. The zero-order valence-corrected chi connectivity index (χ0v) is 14.1. The molecule has 2 rings (SSSR count). The molecule has 1 fully saturated rings. The van der Waals surface area contributed by atoms with Gasteiger partial charge in [-0.05, 0) is 73.4 Å². The zero-order chi connectivity index (χ0) is 17.0. The Morgan fingerprint density at radius 3 is 2.74 bits per heavy atom. The highest BCUT2D eigenvalue weighted by Gasteiger charge is 2.27. The van der Waals surface area contributed by atoms with E-state index in [4.69, 9.17) is 4.74 Å². The van der Waals surface area contributed by atoms with Crippen molar-refractivity contribution in [1.82, 2.24) is 0 Å². The minimum atomic E-state index is -1.51. The molecule has 0 spiro atoms. The molecule has 0 aliphatic heterocycles. The molecule has 23 heavy (non-hydrogen) atoms. The molecule has 1 aliphatic carbocycles. The van der Waals surface area contributed by atoms with Gasteiger partial charge in [0, 0.05) is 6.61 Å². The fourth-order valence-electron chi connectivity index (χ4n) is 2.78. The van der Waals surface area contributed by atoms with Crippen molar-refractivity contribution in [3.63, 3.8) is 0 Å². The number of aliphatic hydroxyl groups excluding tert-OH is 1. The fraction of sp³-hybridized carbons (Fsp3) is 0.400. The van der Waals surface area contributed by atoms with Crippen LogP contribution in [-0.4, -0.2) is 18.0 Å². The number of aliphatic hydroxyl groups is 1. The van der Waals surface area contributed by atoms with Crippen molar-refractivity contribution >= 4 is 5.57 Å². The van der Waals surface area contributed by atoms with Gasteiger partial charge in [-0.3, -0.25) is 0 Å². The average molecular weight is 316 g/mol. The van der Waals surface area contributed by atoms with E-state index >= 15 is 0 Å². The SMILES string of the molecule is C=C/C(=C\C(C)=C(\F)C(O)OCC)c1c(C)cccc1C1CC1. The van der Waals surface area contributed by atoms with Crippen molar-refractivity contribution in [1.29, 1.82) is 0 Å². The molecule has 1 aromatic rings. The van der Waals surface area contributed by atoms with Gasteiger partial charge in [-0.2, -0.15) is 0 Å². The quantitative estimate of drug-likeness (QED) is 0.564. The summed E-state index contributed by atoms with van der Waals surface area (Å²) in [5.41, 5.74) is 4.81. The predicted octanol–water partition coefficient (Wildman–Crippen LogP) is 5.04. The van der Waals surface area contributed by atoms with Gasteiger partial charge < -0.3 is 9.84 Å². The van der Waals surface area contributed by atoms with E-state index in [-0.39, 0.29) is 6.61 Å². The molecule has 3 heteroatoms. The number of hydrogen-bond acceptors (Lipinski definition) is 2. The van der Waals surface area contributed by atoms with Crippen molar-refractivity contribution in [3.8, 4) is 0 Å². The highest BCUT2D eigenvalue weighted by molar-refractivity contribution is 5.80. The maximum Gasteiger partial charge on any atom is 0.208 e. The topological polar surface area (TPSA) is 29.5 Å². The number of aryl methyl sites for hydroxylation is 1.